The van der Waals surface area contributed by atoms with Crippen molar-refractivity contribution >= 4 is 15.9 Å². The van der Waals surface area contributed by atoms with Crippen molar-refractivity contribution in [2.75, 3.05) is 6.54 Å². The molecule has 2 nitrogen and oxygen atoms in total. The van der Waals surface area contributed by atoms with E-state index in [1.807, 2.05) is 24.3 Å². The summed E-state index contributed by atoms with van der Waals surface area (Å²) in [5.41, 5.74) is 7.99. The maximum absolute atomic E-state index is 6.01. The van der Waals surface area contributed by atoms with Crippen molar-refractivity contribution < 1.29 is 4.74 Å². The third kappa shape index (κ3) is 3.84. The van der Waals surface area contributed by atoms with Crippen LogP contribution in [0.25, 0.3) is 0 Å². The van der Waals surface area contributed by atoms with Crippen molar-refractivity contribution in [3.05, 3.63) is 58.1 Å². The Labute approximate surface area is 129 Å². The lowest BCUT2D eigenvalue weighted by Crippen LogP contribution is -2.02. The van der Waals surface area contributed by atoms with E-state index in [-0.39, 0.29) is 0 Å². The molecule has 106 valence electrons. The average molecular weight is 334 g/mol. The SMILES string of the molecule is CC(C)c1cc(Br)ccc1Oc1ccc(CCN)cc1. The lowest BCUT2D eigenvalue weighted by Gasteiger charge is -2.14. The van der Waals surface area contributed by atoms with Crippen molar-refractivity contribution in [3.63, 3.8) is 0 Å². The summed E-state index contributed by atoms with van der Waals surface area (Å²) < 4.78 is 7.08. The first-order chi connectivity index (χ1) is 9.60. The van der Waals surface area contributed by atoms with Crippen LogP contribution in [0.2, 0.25) is 0 Å². The van der Waals surface area contributed by atoms with Gasteiger partial charge in [0.1, 0.15) is 11.5 Å². The van der Waals surface area contributed by atoms with Crippen LogP contribution in [0.4, 0.5) is 0 Å². The van der Waals surface area contributed by atoms with Gasteiger partial charge < -0.3 is 10.5 Å². The minimum Gasteiger partial charge on any atom is -0.457 e. The first kappa shape index (κ1) is 15.1. The molecule has 0 amide bonds. The molecule has 0 aliphatic carbocycles. The maximum Gasteiger partial charge on any atom is 0.130 e. The highest BCUT2D eigenvalue weighted by Crippen LogP contribution is 2.32. The maximum atomic E-state index is 6.01. The van der Waals surface area contributed by atoms with Crippen LogP contribution in [-0.4, -0.2) is 6.54 Å². The summed E-state index contributed by atoms with van der Waals surface area (Å²) in [7, 11) is 0. The van der Waals surface area contributed by atoms with E-state index in [0.717, 1.165) is 22.4 Å². The number of nitrogens with two attached hydrogens (primary N) is 1. The first-order valence-electron chi connectivity index (χ1n) is 6.86. The largest absolute Gasteiger partial charge is 0.457 e. The second-order valence-corrected chi connectivity index (χ2v) is 6.04. The zero-order valence-electron chi connectivity index (χ0n) is 11.9. The normalized spacial score (nSPS) is 10.8. The zero-order valence-corrected chi connectivity index (χ0v) is 13.5. The van der Waals surface area contributed by atoms with Crippen LogP contribution in [0.5, 0.6) is 11.5 Å². The third-order valence-electron chi connectivity index (χ3n) is 3.18. The number of ether oxygens (including phenoxy) is 1. The molecule has 2 N–H and O–H groups in total. The minimum absolute atomic E-state index is 0.416. The molecule has 2 rings (SSSR count). The van der Waals surface area contributed by atoms with E-state index >= 15 is 0 Å². The summed E-state index contributed by atoms with van der Waals surface area (Å²) >= 11 is 3.51. The van der Waals surface area contributed by atoms with Gasteiger partial charge in [-0.1, -0.05) is 41.9 Å². The Balaban J connectivity index is 2.21. The summed E-state index contributed by atoms with van der Waals surface area (Å²) in [5, 5.41) is 0. The molecule has 0 saturated heterocycles. The molecule has 2 aromatic rings. The van der Waals surface area contributed by atoms with Gasteiger partial charge in [0.15, 0.2) is 0 Å². The Kier molecular flexibility index (Phi) is 5.21. The van der Waals surface area contributed by atoms with E-state index in [1.54, 1.807) is 0 Å². The second-order valence-electron chi connectivity index (χ2n) is 5.12. The molecule has 0 atom stereocenters. The van der Waals surface area contributed by atoms with Gasteiger partial charge in [0.05, 0.1) is 0 Å². The van der Waals surface area contributed by atoms with Crippen LogP contribution in [-0.2, 0) is 6.42 Å². The van der Waals surface area contributed by atoms with Crippen LogP contribution in [0.15, 0.2) is 46.9 Å². The van der Waals surface area contributed by atoms with Gasteiger partial charge in [-0.3, -0.25) is 0 Å². The molecule has 0 radical (unpaired) electrons. The number of benzene rings is 2. The van der Waals surface area contributed by atoms with Crippen molar-refractivity contribution in [2.24, 2.45) is 5.73 Å². The summed E-state index contributed by atoms with van der Waals surface area (Å²) in [5.74, 6) is 2.18. The monoisotopic (exact) mass is 333 g/mol. The molecule has 2 aromatic carbocycles. The van der Waals surface area contributed by atoms with E-state index in [0.29, 0.717) is 12.5 Å². The van der Waals surface area contributed by atoms with Gasteiger partial charge in [-0.2, -0.15) is 0 Å². The molecule has 0 aromatic heterocycles. The average Bonchev–Trinajstić information content (AvgIpc) is 2.43. The summed E-state index contributed by atoms with van der Waals surface area (Å²) in [6.07, 6.45) is 0.899. The Bertz CT molecular complexity index is 564. The lowest BCUT2D eigenvalue weighted by molar-refractivity contribution is 0.473. The summed E-state index contributed by atoms with van der Waals surface area (Å²) in [6.45, 7) is 5.00. The van der Waals surface area contributed by atoms with Gasteiger partial charge in [0, 0.05) is 4.47 Å². The van der Waals surface area contributed by atoms with Crippen molar-refractivity contribution in [3.8, 4) is 11.5 Å². The van der Waals surface area contributed by atoms with Crippen LogP contribution >= 0.6 is 15.9 Å². The number of rotatable bonds is 5. The Morgan fingerprint density at radius 3 is 2.40 bits per heavy atom. The van der Waals surface area contributed by atoms with Gasteiger partial charge >= 0.3 is 0 Å². The van der Waals surface area contributed by atoms with E-state index < -0.39 is 0 Å². The minimum atomic E-state index is 0.416. The molecule has 0 aliphatic rings. The molecular weight excluding hydrogens is 314 g/mol. The molecule has 3 heteroatoms. The number of hydrogen-bond donors (Lipinski definition) is 1. The molecule has 20 heavy (non-hydrogen) atoms. The molecule has 0 aliphatic heterocycles. The molecule has 0 saturated carbocycles. The molecule has 0 heterocycles. The standard InChI is InChI=1S/C17H20BrNO/c1-12(2)16-11-14(18)5-8-17(16)20-15-6-3-13(4-7-15)9-10-19/h3-8,11-12H,9-10,19H2,1-2H3. The molecule has 0 spiro atoms. The zero-order chi connectivity index (χ0) is 14.5. The summed E-state index contributed by atoms with van der Waals surface area (Å²) in [6, 6.07) is 14.3. The van der Waals surface area contributed by atoms with E-state index in [4.69, 9.17) is 10.5 Å². The van der Waals surface area contributed by atoms with Gasteiger partial charge in [-0.05, 0) is 60.3 Å². The van der Waals surface area contributed by atoms with Crippen LogP contribution in [0.3, 0.4) is 0 Å². The van der Waals surface area contributed by atoms with Gasteiger partial charge in [-0.25, -0.2) is 0 Å². The quantitative estimate of drug-likeness (QED) is 0.847. The van der Waals surface area contributed by atoms with Crippen molar-refractivity contribution in [2.45, 2.75) is 26.2 Å². The van der Waals surface area contributed by atoms with Crippen LogP contribution in [0, 0.1) is 0 Å². The van der Waals surface area contributed by atoms with Crippen molar-refractivity contribution in [1.82, 2.24) is 0 Å². The van der Waals surface area contributed by atoms with Crippen LogP contribution < -0.4 is 10.5 Å². The fourth-order valence-corrected chi connectivity index (χ4v) is 2.46. The summed E-state index contributed by atoms with van der Waals surface area (Å²) in [4.78, 5) is 0. The Hall–Kier alpha value is -1.32. The fraction of sp³-hybridized carbons (Fsp3) is 0.294. The van der Waals surface area contributed by atoms with Gasteiger partial charge in [0.2, 0.25) is 0 Å². The molecular formula is C17H20BrNO. The highest BCUT2D eigenvalue weighted by Gasteiger charge is 2.09. The highest BCUT2D eigenvalue weighted by molar-refractivity contribution is 9.10. The number of hydrogen-bond acceptors (Lipinski definition) is 2. The lowest BCUT2D eigenvalue weighted by atomic mass is 10.0. The molecule has 0 unspecified atom stereocenters. The van der Waals surface area contributed by atoms with Crippen molar-refractivity contribution in [1.29, 1.82) is 0 Å². The van der Waals surface area contributed by atoms with Gasteiger partial charge in [-0.15, -0.1) is 0 Å². The van der Waals surface area contributed by atoms with Gasteiger partial charge in [0.25, 0.3) is 0 Å². The fourth-order valence-electron chi connectivity index (χ4n) is 2.08. The smallest absolute Gasteiger partial charge is 0.130 e. The first-order valence-corrected chi connectivity index (χ1v) is 7.65. The molecule has 0 bridgehead atoms. The Morgan fingerprint density at radius 1 is 1.10 bits per heavy atom. The van der Waals surface area contributed by atoms with E-state index in [2.05, 4.69) is 48.0 Å². The van der Waals surface area contributed by atoms with E-state index in [9.17, 15) is 0 Å². The number of halogens is 1. The third-order valence-corrected chi connectivity index (χ3v) is 3.67. The highest BCUT2D eigenvalue weighted by atomic mass is 79.9. The van der Waals surface area contributed by atoms with Crippen LogP contribution in [0.1, 0.15) is 30.9 Å². The predicted molar refractivity (Wildman–Crippen MR) is 87.5 cm³/mol. The molecule has 0 fully saturated rings. The Morgan fingerprint density at radius 2 is 1.80 bits per heavy atom. The topological polar surface area (TPSA) is 35.2 Å². The second kappa shape index (κ2) is 6.91. The van der Waals surface area contributed by atoms with E-state index in [1.165, 1.54) is 11.1 Å². The predicted octanol–water partition coefficient (Wildman–Crippen LogP) is 4.87.